The molecular weight excluding hydrogens is 396 g/mol. The minimum absolute atomic E-state index is 0.0569. The summed E-state index contributed by atoms with van der Waals surface area (Å²) in [6.45, 7) is 3.54. The molecule has 0 bridgehead atoms. The summed E-state index contributed by atoms with van der Waals surface area (Å²) in [6.07, 6.45) is 6.11. The van der Waals surface area contributed by atoms with Crippen LogP contribution in [0.2, 0.25) is 0 Å². The molecule has 30 heavy (non-hydrogen) atoms. The van der Waals surface area contributed by atoms with Crippen molar-refractivity contribution in [3.05, 3.63) is 65.2 Å². The van der Waals surface area contributed by atoms with E-state index in [1.807, 2.05) is 35.2 Å². The van der Waals surface area contributed by atoms with Crippen molar-refractivity contribution in [3.63, 3.8) is 0 Å². The number of nitrogens with one attached hydrogen (secondary N) is 1. The molecule has 6 heteroatoms. The van der Waals surface area contributed by atoms with Gasteiger partial charge in [0.05, 0.1) is 4.90 Å². The number of likely N-dealkylation sites (tertiary alicyclic amines) is 1. The van der Waals surface area contributed by atoms with Crippen LogP contribution in [0.3, 0.4) is 0 Å². The Hall–Kier alpha value is -2.18. The first-order chi connectivity index (χ1) is 14.4. The fourth-order valence-corrected chi connectivity index (χ4v) is 6.13. The molecule has 2 aliphatic rings. The Bertz CT molecular complexity index is 1000. The van der Waals surface area contributed by atoms with Crippen LogP contribution in [0.4, 0.5) is 0 Å². The van der Waals surface area contributed by atoms with E-state index in [0.29, 0.717) is 17.0 Å². The molecule has 0 radical (unpaired) electrons. The lowest BCUT2D eigenvalue weighted by Gasteiger charge is -2.41. The molecule has 1 saturated heterocycles. The molecule has 1 aliphatic heterocycles. The maximum absolute atomic E-state index is 13.2. The molecule has 1 N–H and O–H groups in total. The van der Waals surface area contributed by atoms with Gasteiger partial charge >= 0.3 is 0 Å². The number of carbonyl (C=O) groups is 1. The Kier molecular flexibility index (Phi) is 6.25. The number of fused-ring (bicyclic) bond motifs is 1. The van der Waals surface area contributed by atoms with Crippen LogP contribution in [0.1, 0.15) is 53.6 Å². The monoisotopic (exact) mass is 426 g/mol. The number of piperidine rings is 1. The summed E-state index contributed by atoms with van der Waals surface area (Å²) in [7, 11) is -3.72. The largest absolute Gasteiger partial charge is 0.338 e. The molecule has 4 rings (SSSR count). The summed E-state index contributed by atoms with van der Waals surface area (Å²) < 4.78 is 28.5. The molecule has 1 saturated carbocycles. The highest BCUT2D eigenvalue weighted by Gasteiger charge is 2.33. The van der Waals surface area contributed by atoms with E-state index in [0.717, 1.165) is 31.0 Å². The highest BCUT2D eigenvalue weighted by Crippen LogP contribution is 2.36. The van der Waals surface area contributed by atoms with Gasteiger partial charge in [0.2, 0.25) is 10.0 Å². The normalized spacial score (nSPS) is 21.8. The number of carbonyl (C=O) groups excluding carboxylic acids is 1. The summed E-state index contributed by atoms with van der Waals surface area (Å²) in [5.41, 5.74) is 1.98. The Balaban J connectivity index is 1.50. The Morgan fingerprint density at radius 3 is 2.53 bits per heavy atom. The number of amides is 1. The quantitative estimate of drug-likeness (QED) is 0.782. The molecule has 1 amide bonds. The minimum atomic E-state index is -3.72. The topological polar surface area (TPSA) is 66.5 Å². The van der Waals surface area contributed by atoms with Crippen LogP contribution in [-0.2, 0) is 16.6 Å². The number of aryl methyl sites for hydroxylation is 1. The van der Waals surface area contributed by atoms with E-state index in [2.05, 4.69) is 4.72 Å². The lowest BCUT2D eigenvalue weighted by Crippen LogP contribution is -2.44. The third-order valence-electron chi connectivity index (χ3n) is 6.61. The molecule has 0 aromatic heterocycles. The molecule has 1 heterocycles. The summed E-state index contributed by atoms with van der Waals surface area (Å²) in [5.74, 6) is 1.29. The van der Waals surface area contributed by atoms with E-state index in [4.69, 9.17) is 0 Å². The van der Waals surface area contributed by atoms with Crippen molar-refractivity contribution >= 4 is 15.9 Å². The highest BCUT2D eigenvalue weighted by atomic mass is 32.2. The summed E-state index contributed by atoms with van der Waals surface area (Å²) in [5, 5.41) is 0. The van der Waals surface area contributed by atoms with Gasteiger partial charge in [-0.2, -0.15) is 0 Å². The van der Waals surface area contributed by atoms with Gasteiger partial charge in [-0.1, -0.05) is 55.7 Å². The second kappa shape index (κ2) is 8.90. The van der Waals surface area contributed by atoms with Crippen molar-refractivity contribution in [2.24, 2.45) is 11.8 Å². The second-order valence-corrected chi connectivity index (χ2v) is 10.4. The van der Waals surface area contributed by atoms with E-state index < -0.39 is 10.0 Å². The first-order valence-electron chi connectivity index (χ1n) is 10.9. The zero-order chi connectivity index (χ0) is 21.1. The molecule has 2 aromatic carbocycles. The number of hydrogen-bond donors (Lipinski definition) is 1. The number of benzene rings is 2. The van der Waals surface area contributed by atoms with Gasteiger partial charge in [-0.05, 0) is 54.9 Å². The van der Waals surface area contributed by atoms with Crippen molar-refractivity contribution < 1.29 is 13.2 Å². The minimum Gasteiger partial charge on any atom is -0.338 e. The number of nitrogens with zero attached hydrogens (tertiary/aromatic N) is 1. The summed E-state index contributed by atoms with van der Waals surface area (Å²) in [4.78, 5) is 15.3. The fraction of sp³-hybridized carbons (Fsp3) is 0.458. The van der Waals surface area contributed by atoms with Gasteiger partial charge in [0.15, 0.2) is 0 Å². The van der Waals surface area contributed by atoms with Crippen molar-refractivity contribution in [1.82, 2.24) is 9.62 Å². The van der Waals surface area contributed by atoms with Gasteiger partial charge < -0.3 is 4.90 Å². The molecular formula is C24H30N2O3S. The third kappa shape index (κ3) is 4.60. The Labute approximate surface area is 179 Å². The maximum Gasteiger partial charge on any atom is 0.253 e. The van der Waals surface area contributed by atoms with E-state index in [1.165, 1.54) is 31.7 Å². The molecule has 5 nitrogen and oxygen atoms in total. The van der Waals surface area contributed by atoms with Crippen LogP contribution in [0.15, 0.2) is 53.4 Å². The number of hydrogen-bond acceptors (Lipinski definition) is 3. The van der Waals surface area contributed by atoms with Crippen LogP contribution < -0.4 is 4.72 Å². The third-order valence-corrected chi connectivity index (χ3v) is 8.16. The van der Waals surface area contributed by atoms with Gasteiger partial charge in [-0.25, -0.2) is 13.1 Å². The van der Waals surface area contributed by atoms with Crippen LogP contribution >= 0.6 is 0 Å². The van der Waals surface area contributed by atoms with Crippen LogP contribution in [0.5, 0.6) is 0 Å². The molecule has 160 valence electrons. The van der Waals surface area contributed by atoms with Gasteiger partial charge in [-0.15, -0.1) is 0 Å². The van der Waals surface area contributed by atoms with Crippen molar-refractivity contribution in [2.75, 3.05) is 13.1 Å². The lowest BCUT2D eigenvalue weighted by molar-refractivity contribution is 0.0520. The van der Waals surface area contributed by atoms with Crippen molar-refractivity contribution in [1.29, 1.82) is 0 Å². The Morgan fingerprint density at radius 1 is 1.03 bits per heavy atom. The first kappa shape index (κ1) is 21.1. The summed E-state index contributed by atoms with van der Waals surface area (Å²) >= 11 is 0. The van der Waals surface area contributed by atoms with Gasteiger partial charge in [0, 0.05) is 25.2 Å². The maximum atomic E-state index is 13.2. The van der Waals surface area contributed by atoms with Gasteiger partial charge in [-0.3, -0.25) is 4.79 Å². The average Bonchev–Trinajstić information content (AvgIpc) is 2.78. The van der Waals surface area contributed by atoms with Crippen LogP contribution in [0, 0.1) is 18.8 Å². The standard InChI is InChI=1S/C24H30N2O3S/c1-18-11-12-21(24(27)26-14-13-20-9-5-6-10-22(20)17-26)15-23(18)30(28,29)25-16-19-7-3-2-4-8-19/h2-4,7-8,11-12,15,20,22,25H,5-6,9-10,13-14,16-17H2,1H3/t20-,22+/m0/s1. The molecule has 2 fully saturated rings. The van der Waals surface area contributed by atoms with Crippen molar-refractivity contribution in [3.8, 4) is 0 Å². The summed E-state index contributed by atoms with van der Waals surface area (Å²) in [6, 6.07) is 14.4. The average molecular weight is 427 g/mol. The predicted molar refractivity (Wildman–Crippen MR) is 118 cm³/mol. The molecule has 1 aliphatic carbocycles. The van der Waals surface area contributed by atoms with Crippen LogP contribution in [0.25, 0.3) is 0 Å². The van der Waals surface area contributed by atoms with Crippen LogP contribution in [-0.4, -0.2) is 32.3 Å². The SMILES string of the molecule is Cc1ccc(C(=O)N2CC[C@@H]3CCCC[C@@H]3C2)cc1S(=O)(=O)NCc1ccccc1. The number of sulfonamides is 1. The number of rotatable bonds is 5. The van der Waals surface area contributed by atoms with E-state index in [-0.39, 0.29) is 17.3 Å². The predicted octanol–water partition coefficient (Wildman–Crippen LogP) is 4.13. The zero-order valence-corrected chi connectivity index (χ0v) is 18.3. The first-order valence-corrected chi connectivity index (χ1v) is 12.4. The fourth-order valence-electron chi connectivity index (χ4n) is 4.84. The molecule has 2 atom stereocenters. The zero-order valence-electron chi connectivity index (χ0n) is 17.5. The highest BCUT2D eigenvalue weighted by molar-refractivity contribution is 7.89. The smallest absolute Gasteiger partial charge is 0.253 e. The second-order valence-electron chi connectivity index (χ2n) is 8.63. The van der Waals surface area contributed by atoms with E-state index in [1.54, 1.807) is 19.1 Å². The molecule has 0 unspecified atom stereocenters. The van der Waals surface area contributed by atoms with Gasteiger partial charge in [0.1, 0.15) is 0 Å². The lowest BCUT2D eigenvalue weighted by atomic mass is 9.75. The molecule has 0 spiro atoms. The van der Waals surface area contributed by atoms with E-state index >= 15 is 0 Å². The van der Waals surface area contributed by atoms with E-state index in [9.17, 15) is 13.2 Å². The van der Waals surface area contributed by atoms with Crippen molar-refractivity contribution in [2.45, 2.75) is 50.5 Å². The molecule has 2 aromatic rings. The Morgan fingerprint density at radius 2 is 1.77 bits per heavy atom. The van der Waals surface area contributed by atoms with Gasteiger partial charge in [0.25, 0.3) is 5.91 Å².